The van der Waals surface area contributed by atoms with Crippen LogP contribution < -0.4 is 5.32 Å². The van der Waals surface area contributed by atoms with Crippen LogP contribution in [0.1, 0.15) is 18.1 Å². The number of aliphatic hydroxyl groups is 1. The lowest BCUT2D eigenvalue weighted by molar-refractivity contribution is -0.131. The molecule has 1 aliphatic heterocycles. The van der Waals surface area contributed by atoms with Crippen LogP contribution in [0.3, 0.4) is 0 Å². The van der Waals surface area contributed by atoms with E-state index in [9.17, 15) is 9.90 Å². The smallest absolute Gasteiger partial charge is 0.217 e. The van der Waals surface area contributed by atoms with Gasteiger partial charge in [0.2, 0.25) is 5.91 Å². The molecule has 28 heavy (non-hydrogen) atoms. The van der Waals surface area contributed by atoms with Crippen LogP contribution in [0.4, 0.5) is 4.39 Å². The minimum Gasteiger partial charge on any atom is -0.395 e. The van der Waals surface area contributed by atoms with Gasteiger partial charge in [0.1, 0.15) is 12.3 Å². The van der Waals surface area contributed by atoms with Crippen molar-refractivity contribution in [2.45, 2.75) is 44.4 Å². The molecule has 2 aromatic rings. The molecule has 2 N–H and O–H groups in total. The van der Waals surface area contributed by atoms with Crippen molar-refractivity contribution in [2.75, 3.05) is 13.2 Å². The summed E-state index contributed by atoms with van der Waals surface area (Å²) in [5.41, 5.74) is 1.99. The number of amides is 1. The molecular weight excluding hydrogens is 359 g/mol. The SMILES string of the molecule is CC(=O)N[C@H]1CN(Cc2ccccc2)[C@H](CO)[C@@H](OCc2ccccc2)[C@H]1F. The number of aliphatic hydroxyl groups excluding tert-OH is 1. The lowest BCUT2D eigenvalue weighted by Crippen LogP contribution is -2.65. The van der Waals surface area contributed by atoms with Crippen molar-refractivity contribution < 1.29 is 19.0 Å². The standard InChI is InChI=1S/C22H27FN2O3/c1-16(27)24-19-13-25(12-17-8-4-2-5-9-17)20(14-26)22(21(19)23)28-15-18-10-6-3-7-11-18/h2-11,19-22,26H,12-15H2,1H3,(H,24,27)/t19-,20+,21-,22+/m0/s1. The fourth-order valence-corrected chi connectivity index (χ4v) is 3.71. The molecule has 0 spiro atoms. The number of carbonyl (C=O) groups excluding carboxylic acids is 1. The second-order valence-electron chi connectivity index (χ2n) is 7.18. The number of hydrogen-bond donors (Lipinski definition) is 2. The van der Waals surface area contributed by atoms with Gasteiger partial charge in [-0.25, -0.2) is 4.39 Å². The lowest BCUT2D eigenvalue weighted by atomic mass is 9.92. The fraction of sp³-hybridized carbons (Fsp3) is 0.409. The highest BCUT2D eigenvalue weighted by molar-refractivity contribution is 5.73. The largest absolute Gasteiger partial charge is 0.395 e. The minimum atomic E-state index is -1.41. The summed E-state index contributed by atoms with van der Waals surface area (Å²) in [6, 6.07) is 18.2. The molecule has 1 fully saturated rings. The minimum absolute atomic E-state index is 0.223. The van der Waals surface area contributed by atoms with E-state index in [4.69, 9.17) is 4.74 Å². The molecule has 0 aromatic heterocycles. The normalized spacial score (nSPS) is 25.4. The molecule has 1 amide bonds. The molecule has 6 heteroatoms. The average Bonchev–Trinajstić information content (AvgIpc) is 2.70. The van der Waals surface area contributed by atoms with Crippen molar-refractivity contribution in [1.82, 2.24) is 10.2 Å². The zero-order chi connectivity index (χ0) is 19.9. The number of benzene rings is 2. The van der Waals surface area contributed by atoms with Crippen LogP contribution in [-0.4, -0.2) is 53.4 Å². The van der Waals surface area contributed by atoms with Crippen LogP contribution >= 0.6 is 0 Å². The van der Waals surface area contributed by atoms with Crippen molar-refractivity contribution >= 4 is 5.91 Å². The van der Waals surface area contributed by atoms with Gasteiger partial charge >= 0.3 is 0 Å². The molecule has 0 aliphatic carbocycles. The van der Waals surface area contributed by atoms with Crippen LogP contribution in [0.5, 0.6) is 0 Å². The summed E-state index contributed by atoms with van der Waals surface area (Å²) < 4.78 is 21.2. The monoisotopic (exact) mass is 386 g/mol. The van der Waals surface area contributed by atoms with E-state index in [-0.39, 0.29) is 19.1 Å². The van der Waals surface area contributed by atoms with E-state index in [0.717, 1.165) is 11.1 Å². The van der Waals surface area contributed by atoms with Gasteiger partial charge in [-0.2, -0.15) is 0 Å². The van der Waals surface area contributed by atoms with Crippen molar-refractivity contribution in [1.29, 1.82) is 0 Å². The van der Waals surface area contributed by atoms with Gasteiger partial charge in [-0.15, -0.1) is 0 Å². The van der Waals surface area contributed by atoms with E-state index in [1.807, 2.05) is 65.6 Å². The highest BCUT2D eigenvalue weighted by atomic mass is 19.1. The topological polar surface area (TPSA) is 61.8 Å². The number of likely N-dealkylation sites (tertiary alicyclic amines) is 1. The molecule has 0 radical (unpaired) electrons. The first kappa shape index (κ1) is 20.5. The van der Waals surface area contributed by atoms with Crippen molar-refractivity contribution in [3.05, 3.63) is 71.8 Å². The Morgan fingerprint density at radius 3 is 2.32 bits per heavy atom. The average molecular weight is 386 g/mol. The molecule has 0 saturated carbocycles. The van der Waals surface area contributed by atoms with E-state index >= 15 is 4.39 Å². The summed E-state index contributed by atoms with van der Waals surface area (Å²) >= 11 is 0. The Morgan fingerprint density at radius 2 is 1.75 bits per heavy atom. The molecule has 0 bridgehead atoms. The highest BCUT2D eigenvalue weighted by Crippen LogP contribution is 2.26. The summed E-state index contributed by atoms with van der Waals surface area (Å²) in [5, 5.41) is 12.7. The number of ether oxygens (including phenoxy) is 1. The first-order valence-corrected chi connectivity index (χ1v) is 9.54. The molecule has 1 aliphatic rings. The number of carbonyl (C=O) groups is 1. The summed E-state index contributed by atoms with van der Waals surface area (Å²) in [7, 11) is 0. The zero-order valence-corrected chi connectivity index (χ0v) is 16.0. The van der Waals surface area contributed by atoms with Gasteiger partial charge < -0.3 is 15.2 Å². The second-order valence-corrected chi connectivity index (χ2v) is 7.18. The van der Waals surface area contributed by atoms with Crippen molar-refractivity contribution in [2.24, 2.45) is 0 Å². The molecule has 1 saturated heterocycles. The number of nitrogens with one attached hydrogen (secondary N) is 1. The molecule has 3 rings (SSSR count). The summed E-state index contributed by atoms with van der Waals surface area (Å²) in [6.45, 7) is 2.26. The van der Waals surface area contributed by atoms with Gasteiger partial charge in [0, 0.05) is 20.0 Å². The Hall–Kier alpha value is -2.28. The van der Waals surface area contributed by atoms with Crippen LogP contribution in [0.2, 0.25) is 0 Å². The predicted octanol–water partition coefficient (Wildman–Crippen LogP) is 2.29. The number of piperidine rings is 1. The maximum Gasteiger partial charge on any atom is 0.217 e. The third-order valence-corrected chi connectivity index (χ3v) is 5.07. The highest BCUT2D eigenvalue weighted by Gasteiger charge is 2.45. The molecule has 4 atom stereocenters. The molecule has 0 unspecified atom stereocenters. The summed E-state index contributed by atoms with van der Waals surface area (Å²) in [4.78, 5) is 13.6. The first-order chi connectivity index (χ1) is 13.6. The summed E-state index contributed by atoms with van der Waals surface area (Å²) in [5.74, 6) is -0.281. The maximum absolute atomic E-state index is 15.2. The van der Waals surface area contributed by atoms with Gasteiger partial charge in [0.05, 0.1) is 25.3 Å². The predicted molar refractivity (Wildman–Crippen MR) is 105 cm³/mol. The quantitative estimate of drug-likeness (QED) is 0.767. The molecule has 5 nitrogen and oxygen atoms in total. The Labute approximate surface area is 165 Å². The molecular formula is C22H27FN2O3. The van der Waals surface area contributed by atoms with Crippen molar-refractivity contribution in [3.63, 3.8) is 0 Å². The number of alkyl halides is 1. The lowest BCUT2D eigenvalue weighted by Gasteiger charge is -2.45. The van der Waals surface area contributed by atoms with Crippen molar-refractivity contribution in [3.8, 4) is 0 Å². The third-order valence-electron chi connectivity index (χ3n) is 5.07. The van der Waals surface area contributed by atoms with Gasteiger partial charge in [0.15, 0.2) is 0 Å². The molecule has 1 heterocycles. The maximum atomic E-state index is 15.2. The van der Waals surface area contributed by atoms with Crippen LogP contribution in [-0.2, 0) is 22.7 Å². The van der Waals surface area contributed by atoms with Gasteiger partial charge in [0.25, 0.3) is 0 Å². The molecule has 150 valence electrons. The van der Waals surface area contributed by atoms with Crippen LogP contribution in [0.15, 0.2) is 60.7 Å². The van der Waals surface area contributed by atoms with E-state index in [0.29, 0.717) is 13.1 Å². The zero-order valence-electron chi connectivity index (χ0n) is 16.0. The first-order valence-electron chi connectivity index (χ1n) is 9.54. The van der Waals surface area contributed by atoms with E-state index in [2.05, 4.69) is 5.32 Å². The number of nitrogens with zero attached hydrogens (tertiary/aromatic N) is 1. The van der Waals surface area contributed by atoms with Gasteiger partial charge in [-0.3, -0.25) is 9.69 Å². The van der Waals surface area contributed by atoms with Gasteiger partial charge in [-0.05, 0) is 11.1 Å². The Morgan fingerprint density at radius 1 is 1.14 bits per heavy atom. The number of halogens is 1. The number of rotatable bonds is 7. The van der Waals surface area contributed by atoms with E-state index in [1.54, 1.807) is 0 Å². The van der Waals surface area contributed by atoms with Crippen LogP contribution in [0.25, 0.3) is 0 Å². The Kier molecular flexibility index (Phi) is 7.14. The van der Waals surface area contributed by atoms with Crippen LogP contribution in [0, 0.1) is 0 Å². The van der Waals surface area contributed by atoms with E-state index in [1.165, 1.54) is 6.92 Å². The third kappa shape index (κ3) is 5.16. The molecule has 2 aromatic carbocycles. The van der Waals surface area contributed by atoms with Gasteiger partial charge in [-0.1, -0.05) is 60.7 Å². The van der Waals surface area contributed by atoms with E-state index < -0.39 is 24.4 Å². The summed E-state index contributed by atoms with van der Waals surface area (Å²) in [6.07, 6.45) is -2.25. The number of hydrogen-bond acceptors (Lipinski definition) is 4. The Balaban J connectivity index is 1.79. The fourth-order valence-electron chi connectivity index (χ4n) is 3.71. The second kappa shape index (κ2) is 9.78. The Bertz CT molecular complexity index is 744.